The molecular formula is C17H21N3O2S. The van der Waals surface area contributed by atoms with E-state index in [1.165, 1.54) is 11.5 Å². The number of nitrogens with one attached hydrogen (secondary N) is 1. The minimum absolute atomic E-state index is 0.104. The number of aromatic nitrogens is 1. The summed E-state index contributed by atoms with van der Waals surface area (Å²) in [5.41, 5.74) is 2.59. The third-order valence-electron chi connectivity index (χ3n) is 3.99. The highest BCUT2D eigenvalue weighted by Crippen LogP contribution is 2.28. The van der Waals surface area contributed by atoms with Gasteiger partial charge in [-0.15, -0.1) is 0 Å². The SMILES string of the molecule is CN(CC1CCCOC1)C(=O)Nc1csnc1-c1ccccc1. The van der Waals surface area contributed by atoms with E-state index in [4.69, 9.17) is 4.74 Å². The third-order valence-corrected chi connectivity index (χ3v) is 4.62. The lowest BCUT2D eigenvalue weighted by molar-refractivity contribution is 0.0464. The van der Waals surface area contributed by atoms with Gasteiger partial charge in [0.15, 0.2) is 0 Å². The third kappa shape index (κ3) is 4.09. The van der Waals surface area contributed by atoms with Crippen molar-refractivity contribution in [1.82, 2.24) is 9.27 Å². The number of hydrogen-bond donors (Lipinski definition) is 1. The van der Waals surface area contributed by atoms with Crippen LogP contribution in [0.1, 0.15) is 12.8 Å². The van der Waals surface area contributed by atoms with Gasteiger partial charge in [0, 0.05) is 37.1 Å². The monoisotopic (exact) mass is 331 g/mol. The number of hydrogen-bond acceptors (Lipinski definition) is 4. The summed E-state index contributed by atoms with van der Waals surface area (Å²) in [5, 5.41) is 4.85. The van der Waals surface area contributed by atoms with Crippen LogP contribution in [-0.2, 0) is 4.74 Å². The van der Waals surface area contributed by atoms with Crippen molar-refractivity contribution >= 4 is 23.3 Å². The first kappa shape index (κ1) is 16.0. The highest BCUT2D eigenvalue weighted by atomic mass is 32.1. The van der Waals surface area contributed by atoms with Crippen molar-refractivity contribution in [3.63, 3.8) is 0 Å². The van der Waals surface area contributed by atoms with E-state index in [2.05, 4.69) is 9.69 Å². The number of anilines is 1. The van der Waals surface area contributed by atoms with Crippen molar-refractivity contribution in [1.29, 1.82) is 0 Å². The maximum Gasteiger partial charge on any atom is 0.321 e. The van der Waals surface area contributed by atoms with Gasteiger partial charge in [0.05, 0.1) is 12.3 Å². The molecule has 1 atom stereocenters. The lowest BCUT2D eigenvalue weighted by Crippen LogP contribution is -2.37. The van der Waals surface area contributed by atoms with Crippen LogP contribution in [0.5, 0.6) is 0 Å². The summed E-state index contributed by atoms with van der Waals surface area (Å²) in [6.07, 6.45) is 2.19. The molecule has 0 radical (unpaired) electrons. The Labute approximate surface area is 140 Å². The van der Waals surface area contributed by atoms with Gasteiger partial charge in [-0.2, -0.15) is 4.37 Å². The van der Waals surface area contributed by atoms with E-state index < -0.39 is 0 Å². The highest BCUT2D eigenvalue weighted by molar-refractivity contribution is 7.04. The number of nitrogens with zero attached hydrogens (tertiary/aromatic N) is 2. The summed E-state index contributed by atoms with van der Waals surface area (Å²) >= 11 is 1.35. The number of benzene rings is 1. The second-order valence-electron chi connectivity index (χ2n) is 5.84. The van der Waals surface area contributed by atoms with Crippen LogP contribution >= 0.6 is 11.5 Å². The zero-order valence-electron chi connectivity index (χ0n) is 13.2. The van der Waals surface area contributed by atoms with Crippen molar-refractivity contribution in [2.45, 2.75) is 12.8 Å². The Morgan fingerprint density at radius 3 is 3.00 bits per heavy atom. The maximum atomic E-state index is 12.4. The van der Waals surface area contributed by atoms with Crippen molar-refractivity contribution in [2.75, 3.05) is 32.1 Å². The van der Waals surface area contributed by atoms with Gasteiger partial charge in [-0.05, 0) is 24.4 Å². The van der Waals surface area contributed by atoms with E-state index in [0.717, 1.165) is 43.0 Å². The van der Waals surface area contributed by atoms with Gasteiger partial charge in [0.1, 0.15) is 5.69 Å². The smallest absolute Gasteiger partial charge is 0.321 e. The molecule has 1 aromatic carbocycles. The lowest BCUT2D eigenvalue weighted by Gasteiger charge is -2.27. The second kappa shape index (κ2) is 7.57. The number of urea groups is 1. The molecule has 1 saturated heterocycles. The summed E-state index contributed by atoms with van der Waals surface area (Å²) < 4.78 is 9.88. The van der Waals surface area contributed by atoms with Gasteiger partial charge in [-0.1, -0.05) is 30.3 Å². The topological polar surface area (TPSA) is 54.5 Å². The van der Waals surface area contributed by atoms with Crippen LogP contribution in [0, 0.1) is 5.92 Å². The normalized spacial score (nSPS) is 17.7. The van der Waals surface area contributed by atoms with Gasteiger partial charge in [0.25, 0.3) is 0 Å². The number of carbonyl (C=O) groups excluding carboxylic acids is 1. The largest absolute Gasteiger partial charge is 0.381 e. The molecule has 1 unspecified atom stereocenters. The maximum absolute atomic E-state index is 12.4. The first-order valence-corrected chi connectivity index (χ1v) is 8.67. The first-order valence-electron chi connectivity index (χ1n) is 7.83. The number of ether oxygens (including phenoxy) is 1. The predicted octanol–water partition coefficient (Wildman–Crippen LogP) is 3.70. The molecule has 0 saturated carbocycles. The molecule has 5 nitrogen and oxygen atoms in total. The molecule has 0 bridgehead atoms. The van der Waals surface area contributed by atoms with Gasteiger partial charge in [0.2, 0.25) is 0 Å². The van der Waals surface area contributed by atoms with Gasteiger partial charge < -0.3 is 15.0 Å². The van der Waals surface area contributed by atoms with E-state index in [0.29, 0.717) is 12.5 Å². The molecule has 3 rings (SSSR count). The summed E-state index contributed by atoms with van der Waals surface area (Å²) in [7, 11) is 1.83. The van der Waals surface area contributed by atoms with Crippen LogP contribution in [0.4, 0.5) is 10.5 Å². The summed E-state index contributed by atoms with van der Waals surface area (Å²) in [4.78, 5) is 14.1. The van der Waals surface area contributed by atoms with Crippen molar-refractivity contribution in [3.05, 3.63) is 35.7 Å². The molecule has 1 fully saturated rings. The van der Waals surface area contributed by atoms with Crippen LogP contribution in [0.25, 0.3) is 11.3 Å². The molecule has 1 N–H and O–H groups in total. The average molecular weight is 331 g/mol. The first-order chi connectivity index (χ1) is 11.2. The molecule has 6 heteroatoms. The highest BCUT2D eigenvalue weighted by Gasteiger charge is 2.20. The molecule has 2 aromatic rings. The van der Waals surface area contributed by atoms with E-state index in [9.17, 15) is 4.79 Å². The molecular weight excluding hydrogens is 310 g/mol. The predicted molar refractivity (Wildman–Crippen MR) is 92.7 cm³/mol. The summed E-state index contributed by atoms with van der Waals surface area (Å²) in [6, 6.07) is 9.79. The van der Waals surface area contributed by atoms with Crippen LogP contribution in [-0.4, -0.2) is 42.1 Å². The van der Waals surface area contributed by atoms with Crippen molar-refractivity contribution in [2.24, 2.45) is 5.92 Å². The quantitative estimate of drug-likeness (QED) is 0.929. The number of rotatable bonds is 4. The van der Waals surface area contributed by atoms with Gasteiger partial charge in [-0.3, -0.25) is 0 Å². The van der Waals surface area contributed by atoms with Crippen molar-refractivity contribution < 1.29 is 9.53 Å². The van der Waals surface area contributed by atoms with E-state index >= 15 is 0 Å². The average Bonchev–Trinajstić information content (AvgIpc) is 3.04. The molecule has 1 aromatic heterocycles. The fraction of sp³-hybridized carbons (Fsp3) is 0.412. The molecule has 1 aliphatic rings. The Bertz CT molecular complexity index is 638. The fourth-order valence-electron chi connectivity index (χ4n) is 2.76. The fourth-order valence-corrected chi connectivity index (χ4v) is 3.40. The van der Waals surface area contributed by atoms with Crippen molar-refractivity contribution in [3.8, 4) is 11.3 Å². The minimum atomic E-state index is -0.104. The van der Waals surface area contributed by atoms with Crippen LogP contribution < -0.4 is 5.32 Å². The molecule has 23 heavy (non-hydrogen) atoms. The second-order valence-corrected chi connectivity index (χ2v) is 6.47. The Hall–Kier alpha value is -1.92. The van der Waals surface area contributed by atoms with E-state index in [1.807, 2.05) is 42.8 Å². The molecule has 0 aliphatic carbocycles. The Morgan fingerprint density at radius 2 is 2.26 bits per heavy atom. The molecule has 122 valence electrons. The van der Waals surface area contributed by atoms with E-state index in [-0.39, 0.29) is 6.03 Å². The number of carbonyl (C=O) groups is 1. The Kier molecular flexibility index (Phi) is 5.25. The van der Waals surface area contributed by atoms with Crippen LogP contribution in [0.2, 0.25) is 0 Å². The van der Waals surface area contributed by atoms with Gasteiger partial charge >= 0.3 is 6.03 Å². The zero-order valence-corrected chi connectivity index (χ0v) is 14.0. The molecule has 2 heterocycles. The van der Waals surface area contributed by atoms with Crippen LogP contribution in [0.3, 0.4) is 0 Å². The van der Waals surface area contributed by atoms with Gasteiger partial charge in [-0.25, -0.2) is 4.79 Å². The number of amides is 2. The Morgan fingerprint density at radius 1 is 1.43 bits per heavy atom. The van der Waals surface area contributed by atoms with Crippen LogP contribution in [0.15, 0.2) is 35.7 Å². The van der Waals surface area contributed by atoms with E-state index in [1.54, 1.807) is 4.90 Å². The molecule has 2 amide bonds. The Balaban J connectivity index is 1.63. The molecule has 1 aliphatic heterocycles. The lowest BCUT2D eigenvalue weighted by atomic mass is 10.0. The standard InChI is InChI=1S/C17H21N3O2S/c1-20(10-13-6-5-9-22-11-13)17(21)18-15-12-23-19-16(15)14-7-3-2-4-8-14/h2-4,7-8,12-13H,5-6,9-11H2,1H3,(H,18,21). The summed E-state index contributed by atoms with van der Waals surface area (Å²) in [6.45, 7) is 2.30. The summed E-state index contributed by atoms with van der Waals surface area (Å²) in [5.74, 6) is 0.425. The molecule has 0 spiro atoms. The zero-order chi connectivity index (χ0) is 16.1. The minimum Gasteiger partial charge on any atom is -0.381 e.